The molecule has 0 aromatic heterocycles. The molecular weight excluding hydrogens is 1130 g/mol. The molecule has 0 fully saturated rings. The number of rotatable bonds is 0. The quantitative estimate of drug-likeness (QED) is 0.127. The predicted octanol–water partition coefficient (Wildman–Crippen LogP) is -7.23. The van der Waals surface area contributed by atoms with Crippen LogP contribution in [0.25, 0.3) is 0 Å². The summed E-state index contributed by atoms with van der Waals surface area (Å²) in [5, 5.41) is 0. The first-order valence-electron chi connectivity index (χ1n) is 2.92. The van der Waals surface area contributed by atoms with Crippen molar-refractivity contribution in [2.75, 3.05) is 0 Å². The van der Waals surface area contributed by atoms with E-state index in [4.69, 9.17) is 0 Å². The SMILES string of the molecule is [O-]P([O-])(=S)[S-].[O-]P([O-])(=S)[S-].[O-]P([O-])(=S)[S-].[O-]P([O-])(=S)[S-].[Pb].[Pb].[Pb]. The molecular formula is O8P4Pb3S8-12. The predicted molar refractivity (Wildman–Crippen MR) is 104 cm³/mol. The van der Waals surface area contributed by atoms with Gasteiger partial charge >= 0.3 is 0 Å². The molecule has 0 aliphatic heterocycles. The van der Waals surface area contributed by atoms with Crippen LogP contribution in [-0.4, -0.2) is 81.9 Å². The average molecular weight is 1130 g/mol. The van der Waals surface area contributed by atoms with Gasteiger partial charge in [-0.05, 0) is 0 Å². The summed E-state index contributed by atoms with van der Waals surface area (Å²) in [5.41, 5.74) is -14.9. The standard InChI is InChI=1S/4H3O2PS2.3Pb/c4*1-3(2,4)5;;;/h4*(H3,1,2,4,5);;;/p-12. The Morgan fingerprint density at radius 3 is 0.391 bits per heavy atom. The van der Waals surface area contributed by atoms with Gasteiger partial charge in [-0.25, -0.2) is 0 Å². The third-order valence-electron chi connectivity index (χ3n) is 0. The Hall–Kier alpha value is 6.45. The number of hydrogen-bond donors (Lipinski definition) is 0. The Morgan fingerprint density at radius 2 is 0.391 bits per heavy atom. The molecule has 0 spiro atoms. The zero-order chi connectivity index (χ0) is 18.0. The van der Waals surface area contributed by atoms with Crippen LogP contribution >= 0.6 is 22.8 Å². The summed E-state index contributed by atoms with van der Waals surface area (Å²) < 4.78 is 0. The summed E-state index contributed by atoms with van der Waals surface area (Å²) in [6.45, 7) is 0. The van der Waals surface area contributed by atoms with Crippen molar-refractivity contribution in [2.45, 2.75) is 0 Å². The summed E-state index contributed by atoms with van der Waals surface area (Å²) in [7, 11) is 0. The van der Waals surface area contributed by atoms with Gasteiger partial charge in [0.1, 0.15) is 0 Å². The topological polar surface area (TPSA) is 184 Å². The first kappa shape index (κ1) is 47.3. The molecule has 0 amide bonds. The third-order valence-corrected chi connectivity index (χ3v) is 0. The van der Waals surface area contributed by atoms with Gasteiger partial charge in [0.25, 0.3) is 0 Å². The average Bonchev–Trinajstić information content (AvgIpc) is 1.62. The normalized spacial score (nSPS) is 10.3. The van der Waals surface area contributed by atoms with E-state index in [1.807, 2.05) is 0 Å². The molecule has 0 N–H and O–H groups in total. The van der Waals surface area contributed by atoms with E-state index in [-0.39, 0.29) is 81.9 Å². The summed E-state index contributed by atoms with van der Waals surface area (Å²) in [5.74, 6) is 0. The van der Waals surface area contributed by atoms with E-state index in [0.29, 0.717) is 0 Å². The second-order valence-electron chi connectivity index (χ2n) is 1.79. The Kier molecular flexibility index (Phi) is 47.5. The fraction of sp³-hybridized carbons (Fsp3) is 0. The Morgan fingerprint density at radius 1 is 0.391 bits per heavy atom. The molecule has 140 valence electrons. The summed E-state index contributed by atoms with van der Waals surface area (Å²) >= 11 is 29.1. The van der Waals surface area contributed by atoms with E-state index < -0.39 is 22.8 Å². The van der Waals surface area contributed by atoms with Gasteiger partial charge in [0.2, 0.25) is 0 Å². The maximum absolute atomic E-state index is 9.29. The Labute approximate surface area is 235 Å². The van der Waals surface area contributed by atoms with Crippen molar-refractivity contribution < 1.29 is 39.1 Å². The number of hydrogen-bond acceptors (Lipinski definition) is 16. The fourth-order valence-electron chi connectivity index (χ4n) is 0. The van der Waals surface area contributed by atoms with Gasteiger partial charge in [-0.3, -0.25) is 0 Å². The maximum Gasteiger partial charge on any atom is 0 e. The molecule has 0 aliphatic rings. The monoisotopic (exact) mass is 1130 g/mol. The minimum Gasteiger partial charge on any atom is -0.850 e. The molecule has 0 unspecified atom stereocenters. The molecule has 0 aromatic rings. The van der Waals surface area contributed by atoms with Gasteiger partial charge in [0.15, 0.2) is 0 Å². The summed E-state index contributed by atoms with van der Waals surface area (Å²) in [6, 6.07) is 0. The zero-order valence-electron chi connectivity index (χ0n) is 9.82. The van der Waals surface area contributed by atoms with Crippen molar-refractivity contribution in [3.63, 3.8) is 0 Å². The third kappa shape index (κ3) is 479. The Bertz CT molecular complexity index is 308. The van der Waals surface area contributed by atoms with Crippen molar-refractivity contribution >= 4 is 201 Å². The van der Waals surface area contributed by atoms with E-state index in [1.54, 1.807) is 0 Å². The van der Waals surface area contributed by atoms with Gasteiger partial charge in [-0.15, -0.1) is 0 Å². The van der Waals surface area contributed by atoms with Crippen LogP contribution in [0.1, 0.15) is 0 Å². The van der Waals surface area contributed by atoms with Crippen LogP contribution in [0.4, 0.5) is 0 Å². The van der Waals surface area contributed by atoms with Crippen LogP contribution in [0.3, 0.4) is 0 Å². The van der Waals surface area contributed by atoms with Crippen LogP contribution in [0.5, 0.6) is 0 Å². The van der Waals surface area contributed by atoms with Crippen molar-refractivity contribution in [3.8, 4) is 0 Å². The molecule has 0 aromatic carbocycles. The molecule has 0 rings (SSSR count). The molecule has 0 atom stereocenters. The van der Waals surface area contributed by atoms with Gasteiger partial charge in [-0.1, -0.05) is 0 Å². The largest absolute Gasteiger partial charge is 0.850 e. The second-order valence-corrected chi connectivity index (χ2v) is 19.7. The minimum atomic E-state index is -3.72. The second kappa shape index (κ2) is 23.1. The molecule has 0 aliphatic carbocycles. The van der Waals surface area contributed by atoms with E-state index in [9.17, 15) is 39.1 Å². The molecule has 12 radical (unpaired) electrons. The minimum absolute atomic E-state index is 0. The first-order chi connectivity index (χ1) is 8.00. The van der Waals surface area contributed by atoms with Crippen LogP contribution < -0.4 is 39.1 Å². The van der Waals surface area contributed by atoms with Gasteiger partial charge in [0, 0.05) is 81.9 Å². The molecule has 0 bridgehead atoms. The Balaban J connectivity index is -0.0000000284. The fourth-order valence-corrected chi connectivity index (χ4v) is 0. The van der Waals surface area contributed by atoms with E-state index in [1.165, 1.54) is 0 Å². The smallest absolute Gasteiger partial charge is 0 e. The molecule has 0 saturated carbocycles. The molecule has 8 nitrogen and oxygen atoms in total. The summed E-state index contributed by atoms with van der Waals surface area (Å²) in [6.07, 6.45) is 0. The van der Waals surface area contributed by atoms with Crippen LogP contribution in [0, 0.1) is 0 Å². The van der Waals surface area contributed by atoms with Crippen LogP contribution in [0.2, 0.25) is 0 Å². The van der Waals surface area contributed by atoms with Crippen molar-refractivity contribution in [1.82, 2.24) is 0 Å². The van der Waals surface area contributed by atoms with Crippen LogP contribution in [-0.2, 0) is 96.2 Å². The van der Waals surface area contributed by atoms with Gasteiger partial charge < -0.3 is 111 Å². The molecule has 0 saturated heterocycles. The van der Waals surface area contributed by atoms with Crippen LogP contribution in [0.15, 0.2) is 0 Å². The summed E-state index contributed by atoms with van der Waals surface area (Å²) in [4.78, 5) is 74.3. The molecule has 23 heavy (non-hydrogen) atoms. The first-order valence-corrected chi connectivity index (χ1v) is 17.5. The zero-order valence-corrected chi connectivity index (χ0v) is 31.6. The van der Waals surface area contributed by atoms with Crippen molar-refractivity contribution in [2.24, 2.45) is 0 Å². The van der Waals surface area contributed by atoms with Crippen molar-refractivity contribution in [1.29, 1.82) is 0 Å². The van der Waals surface area contributed by atoms with E-state index in [0.717, 1.165) is 0 Å². The van der Waals surface area contributed by atoms with Gasteiger partial charge in [0.05, 0.1) is 0 Å². The van der Waals surface area contributed by atoms with E-state index >= 15 is 0 Å². The van der Waals surface area contributed by atoms with Crippen molar-refractivity contribution in [3.05, 3.63) is 0 Å². The molecule has 0 heterocycles. The van der Waals surface area contributed by atoms with E-state index in [2.05, 4.69) is 96.2 Å². The van der Waals surface area contributed by atoms with Gasteiger partial charge in [-0.2, -0.15) is 47.2 Å². The maximum atomic E-state index is 9.29. The molecule has 23 heteroatoms.